The molecule has 0 aliphatic rings. The Hall–Kier alpha value is -0.720. The van der Waals surface area contributed by atoms with E-state index in [9.17, 15) is 9.13 Å². The maximum atomic E-state index is 14.2. The van der Waals surface area contributed by atoms with Gasteiger partial charge in [0.25, 0.3) is 0 Å². The Labute approximate surface area is 193 Å². The van der Waals surface area contributed by atoms with Crippen LogP contribution in [0.4, 0.5) is 0 Å². The first kappa shape index (κ1) is 29.3. The van der Waals surface area contributed by atoms with Crippen LogP contribution in [0.15, 0.2) is 24.3 Å². The van der Waals surface area contributed by atoms with E-state index >= 15 is 0 Å². The predicted molar refractivity (Wildman–Crippen MR) is 126 cm³/mol. The molecule has 8 nitrogen and oxygen atoms in total. The molecule has 32 heavy (non-hydrogen) atoms. The summed E-state index contributed by atoms with van der Waals surface area (Å²) in [5.41, 5.74) is 0.439. The number of rotatable bonds is 15. The van der Waals surface area contributed by atoms with Crippen LogP contribution in [0.2, 0.25) is 0 Å². The molecule has 1 aromatic carbocycles. The lowest BCUT2D eigenvalue weighted by molar-refractivity contribution is 0.122. The van der Waals surface area contributed by atoms with Crippen LogP contribution in [-0.2, 0) is 27.2 Å². The lowest BCUT2D eigenvalue weighted by Gasteiger charge is -2.35. The molecule has 0 aromatic heterocycles. The molecule has 186 valence electrons. The zero-order valence-electron chi connectivity index (χ0n) is 20.5. The zero-order valence-corrected chi connectivity index (χ0v) is 22.3. The molecule has 0 aliphatic heterocycles. The summed E-state index contributed by atoms with van der Waals surface area (Å²) in [7, 11) is -8.05. The first-order valence-electron chi connectivity index (χ1n) is 11.1. The molecule has 0 bridgehead atoms. The predicted octanol–water partition coefficient (Wildman–Crippen LogP) is 6.53. The Morgan fingerprint density at radius 2 is 1.09 bits per heavy atom. The van der Waals surface area contributed by atoms with Gasteiger partial charge in [-0.2, -0.15) is 0 Å². The molecular weight excluding hydrogens is 454 g/mol. The van der Waals surface area contributed by atoms with Gasteiger partial charge >= 0.3 is 15.2 Å². The number of benzene rings is 1. The first-order chi connectivity index (χ1) is 14.8. The Morgan fingerprint density at radius 1 is 0.719 bits per heavy atom. The minimum Gasteiger partial charge on any atom is -0.494 e. The second-order valence-electron chi connectivity index (χ2n) is 8.56. The van der Waals surface area contributed by atoms with Crippen molar-refractivity contribution >= 4 is 15.2 Å². The molecule has 0 atom stereocenters. The molecule has 0 heterocycles. The summed E-state index contributed by atoms with van der Waals surface area (Å²) in [5, 5.41) is 7.65. The fraction of sp³-hybridized carbons (Fsp3) is 0.727. The van der Waals surface area contributed by atoms with Crippen LogP contribution in [0.1, 0.15) is 72.8 Å². The second-order valence-corrected chi connectivity index (χ2v) is 13.0. The third-order valence-electron chi connectivity index (χ3n) is 3.78. The Morgan fingerprint density at radius 3 is 1.41 bits per heavy atom. The summed E-state index contributed by atoms with van der Waals surface area (Å²) in [6.07, 6.45) is -1.29. The van der Waals surface area contributed by atoms with Crippen LogP contribution in [0, 0.1) is 0 Å². The van der Waals surface area contributed by atoms with Gasteiger partial charge in [0.15, 0.2) is 5.40 Å². The second kappa shape index (κ2) is 13.2. The lowest BCUT2D eigenvalue weighted by Crippen LogP contribution is -2.19. The van der Waals surface area contributed by atoms with E-state index < -0.39 is 45.0 Å². The average molecular weight is 495 g/mol. The van der Waals surface area contributed by atoms with Gasteiger partial charge in [0.05, 0.1) is 31.0 Å². The van der Waals surface area contributed by atoms with Crippen molar-refractivity contribution in [1.29, 1.82) is 0 Å². The Kier molecular flexibility index (Phi) is 12.1. The van der Waals surface area contributed by atoms with E-state index in [1.807, 2.05) is 0 Å². The van der Waals surface area contributed by atoms with E-state index in [4.69, 9.17) is 27.9 Å². The number of hydrogen-bond acceptors (Lipinski definition) is 8. The van der Waals surface area contributed by atoms with Crippen LogP contribution in [-0.4, -0.2) is 42.7 Å². The van der Waals surface area contributed by atoms with Gasteiger partial charge in [0.1, 0.15) is 5.75 Å². The smallest absolute Gasteiger partial charge is 0.350 e. The van der Waals surface area contributed by atoms with Gasteiger partial charge in [-0.05, 0) is 73.1 Å². The molecule has 10 heteroatoms. The standard InChI is InChI=1S/C22H40O8P2/c1-16(2)27-31(24,28-17(3)4)22(32(25,29-18(5)6)30-19(7)8)20-10-12-21(13-11-20)26-15-9-14-23/h10-13,16-19,22-23H,9,14-15H2,1-8H3. The Balaban J connectivity index is 3.60. The van der Waals surface area contributed by atoms with Crippen LogP contribution in [0.3, 0.4) is 0 Å². The van der Waals surface area contributed by atoms with E-state index in [-0.39, 0.29) is 6.61 Å². The highest BCUT2D eigenvalue weighted by atomic mass is 31.2. The van der Waals surface area contributed by atoms with Crippen molar-refractivity contribution in [1.82, 2.24) is 0 Å². The van der Waals surface area contributed by atoms with Crippen molar-refractivity contribution in [2.24, 2.45) is 0 Å². The SMILES string of the molecule is CC(C)OP(=O)(OC(C)C)C(c1ccc(OCCCO)cc1)P(=O)(OC(C)C)OC(C)C. The maximum Gasteiger partial charge on any atom is 0.350 e. The number of aliphatic hydroxyl groups is 1. The average Bonchev–Trinajstić information content (AvgIpc) is 2.60. The van der Waals surface area contributed by atoms with Gasteiger partial charge < -0.3 is 27.9 Å². The summed E-state index contributed by atoms with van der Waals surface area (Å²) in [5.74, 6) is 0.565. The summed E-state index contributed by atoms with van der Waals surface area (Å²) in [6, 6.07) is 6.70. The van der Waals surface area contributed by atoms with Gasteiger partial charge in [-0.1, -0.05) is 12.1 Å². The van der Waals surface area contributed by atoms with Gasteiger partial charge in [-0.25, -0.2) is 0 Å². The molecule has 1 aromatic rings. The normalized spacial score (nSPS) is 13.2. The van der Waals surface area contributed by atoms with E-state index in [0.717, 1.165) is 0 Å². The fourth-order valence-corrected chi connectivity index (χ4v) is 9.01. The van der Waals surface area contributed by atoms with Crippen LogP contribution < -0.4 is 4.74 Å². The number of ether oxygens (including phenoxy) is 1. The van der Waals surface area contributed by atoms with Crippen molar-refractivity contribution in [3.63, 3.8) is 0 Å². The van der Waals surface area contributed by atoms with Gasteiger partial charge in [0.2, 0.25) is 0 Å². The fourth-order valence-electron chi connectivity index (χ4n) is 2.98. The monoisotopic (exact) mass is 494 g/mol. The van der Waals surface area contributed by atoms with Crippen LogP contribution in [0.25, 0.3) is 0 Å². The van der Waals surface area contributed by atoms with E-state index in [2.05, 4.69) is 0 Å². The molecule has 0 radical (unpaired) electrons. The maximum absolute atomic E-state index is 14.2. The highest BCUT2D eigenvalue weighted by Gasteiger charge is 2.54. The highest BCUT2D eigenvalue weighted by molar-refractivity contribution is 7.72. The minimum absolute atomic E-state index is 0.0324. The molecular formula is C22H40O8P2. The molecule has 0 saturated heterocycles. The minimum atomic E-state index is -4.03. The van der Waals surface area contributed by atoms with Crippen LogP contribution in [0.5, 0.6) is 5.75 Å². The highest BCUT2D eigenvalue weighted by Crippen LogP contribution is 2.79. The van der Waals surface area contributed by atoms with Crippen LogP contribution >= 0.6 is 15.2 Å². The van der Waals surface area contributed by atoms with Crippen molar-refractivity contribution in [2.75, 3.05) is 13.2 Å². The molecule has 1 N–H and O–H groups in total. The topological polar surface area (TPSA) is 101 Å². The van der Waals surface area contributed by atoms with Crippen molar-refractivity contribution < 1.29 is 37.1 Å². The lowest BCUT2D eigenvalue weighted by atomic mass is 10.2. The van der Waals surface area contributed by atoms with Gasteiger partial charge in [-0.3, -0.25) is 9.13 Å². The molecule has 0 aliphatic carbocycles. The van der Waals surface area contributed by atoms with Crippen molar-refractivity contribution in [3.8, 4) is 5.75 Å². The molecule has 0 spiro atoms. The van der Waals surface area contributed by atoms with E-state index in [1.165, 1.54) is 0 Å². The summed E-state index contributed by atoms with van der Waals surface area (Å²) >= 11 is 0. The Bertz CT molecular complexity index is 696. The molecule has 0 amide bonds. The zero-order chi connectivity index (χ0) is 24.5. The molecule has 0 saturated carbocycles. The quantitative estimate of drug-likeness (QED) is 0.217. The van der Waals surface area contributed by atoms with E-state index in [0.29, 0.717) is 24.3 Å². The van der Waals surface area contributed by atoms with Gasteiger partial charge in [-0.15, -0.1) is 0 Å². The summed E-state index contributed by atoms with van der Waals surface area (Å²) in [4.78, 5) is 0. The third kappa shape index (κ3) is 9.26. The molecule has 1 rings (SSSR count). The summed E-state index contributed by atoms with van der Waals surface area (Å²) < 4.78 is 57.3. The first-order valence-corrected chi connectivity index (χ1v) is 14.3. The molecule has 0 fully saturated rings. The van der Waals surface area contributed by atoms with E-state index in [1.54, 1.807) is 79.7 Å². The number of aliphatic hydroxyl groups excluding tert-OH is 1. The summed E-state index contributed by atoms with van der Waals surface area (Å²) in [6.45, 7) is 14.3. The molecule has 0 unspecified atom stereocenters. The van der Waals surface area contributed by atoms with Gasteiger partial charge in [0, 0.05) is 13.0 Å². The number of hydrogen-bond donors (Lipinski definition) is 1. The largest absolute Gasteiger partial charge is 0.494 e. The van der Waals surface area contributed by atoms with Crippen molar-refractivity contribution in [3.05, 3.63) is 29.8 Å². The third-order valence-corrected chi connectivity index (χ3v) is 10.1. The van der Waals surface area contributed by atoms with Crippen molar-refractivity contribution in [2.45, 2.75) is 91.6 Å².